The molecule has 1 atom stereocenters. The molecule has 0 saturated carbocycles. The number of fused-ring (bicyclic) bond motifs is 2. The normalized spacial score (nSPS) is 15.2. The Balaban J connectivity index is 0.00000261. The topological polar surface area (TPSA) is 70.0 Å². The standard InChI is InChI=1S/C21H23NO4.ClH/c1-22(2)11-5-8-17-16-7-4-3-6-15(16)13-26-19-10-9-14(12-18(17)19)20(23)21(24)25;/h3-4,6-10,12,20,23H,5,11,13H2,1-2H3,(H,24,25);1H/b17-8+;. The number of ether oxygens (including phenoxy) is 1. The van der Waals surface area contributed by atoms with Crippen LogP contribution >= 0.6 is 12.4 Å². The second-order valence-corrected chi connectivity index (χ2v) is 6.65. The predicted octanol–water partition coefficient (Wildman–Crippen LogP) is 3.50. The summed E-state index contributed by atoms with van der Waals surface area (Å²) in [4.78, 5) is 13.3. The number of benzene rings is 2. The first-order chi connectivity index (χ1) is 12.5. The number of rotatable bonds is 5. The second kappa shape index (κ2) is 9.04. The van der Waals surface area contributed by atoms with Gasteiger partial charge in [-0.1, -0.05) is 36.4 Å². The van der Waals surface area contributed by atoms with Crippen LogP contribution < -0.4 is 4.74 Å². The summed E-state index contributed by atoms with van der Waals surface area (Å²) in [7, 11) is 4.05. The molecule has 0 amide bonds. The smallest absolute Gasteiger partial charge is 0.337 e. The Morgan fingerprint density at radius 3 is 2.67 bits per heavy atom. The average molecular weight is 390 g/mol. The molecule has 3 rings (SSSR count). The monoisotopic (exact) mass is 389 g/mol. The summed E-state index contributed by atoms with van der Waals surface area (Å²) in [6.07, 6.45) is 1.45. The summed E-state index contributed by atoms with van der Waals surface area (Å²) in [5.74, 6) is -0.573. The lowest BCUT2D eigenvalue weighted by Crippen LogP contribution is -2.12. The molecule has 2 aromatic carbocycles. The molecular weight excluding hydrogens is 366 g/mol. The predicted molar refractivity (Wildman–Crippen MR) is 107 cm³/mol. The molecular formula is C21H24ClNO4. The number of carbonyl (C=O) groups is 1. The minimum atomic E-state index is -1.55. The van der Waals surface area contributed by atoms with Gasteiger partial charge < -0.3 is 19.8 Å². The van der Waals surface area contributed by atoms with Gasteiger partial charge in [0.25, 0.3) is 0 Å². The van der Waals surface area contributed by atoms with Crippen LogP contribution in [0.4, 0.5) is 0 Å². The van der Waals surface area contributed by atoms with E-state index in [9.17, 15) is 9.90 Å². The van der Waals surface area contributed by atoms with E-state index in [1.165, 1.54) is 0 Å². The summed E-state index contributed by atoms with van der Waals surface area (Å²) in [6, 6.07) is 13.1. The molecule has 1 aliphatic rings. The lowest BCUT2D eigenvalue weighted by Gasteiger charge is -2.14. The van der Waals surface area contributed by atoms with Crippen LogP contribution in [0.15, 0.2) is 48.5 Å². The Bertz CT molecular complexity index is 848. The molecule has 0 aromatic heterocycles. The number of hydrogen-bond donors (Lipinski definition) is 2. The Kier molecular flexibility index (Phi) is 7.02. The van der Waals surface area contributed by atoms with Crippen molar-refractivity contribution in [3.05, 3.63) is 70.8 Å². The zero-order valence-corrected chi connectivity index (χ0v) is 16.2. The van der Waals surface area contributed by atoms with Gasteiger partial charge in [0.15, 0.2) is 6.10 Å². The zero-order valence-electron chi connectivity index (χ0n) is 15.4. The van der Waals surface area contributed by atoms with E-state index in [1.807, 2.05) is 32.3 Å². The van der Waals surface area contributed by atoms with Crippen molar-refractivity contribution in [1.29, 1.82) is 0 Å². The van der Waals surface area contributed by atoms with Crippen LogP contribution in [0.5, 0.6) is 5.75 Å². The Morgan fingerprint density at radius 1 is 1.22 bits per heavy atom. The number of carboxylic acids is 1. The number of halogens is 1. The van der Waals surface area contributed by atoms with Gasteiger partial charge in [0.1, 0.15) is 12.4 Å². The van der Waals surface area contributed by atoms with Gasteiger partial charge >= 0.3 is 5.97 Å². The van der Waals surface area contributed by atoms with E-state index in [1.54, 1.807) is 18.2 Å². The maximum absolute atomic E-state index is 11.2. The number of carboxylic acid groups (broad SMARTS) is 1. The molecule has 0 radical (unpaired) electrons. The molecule has 0 saturated heterocycles. The molecule has 6 heteroatoms. The van der Waals surface area contributed by atoms with Gasteiger partial charge in [0.2, 0.25) is 0 Å². The number of aliphatic carboxylic acids is 1. The minimum Gasteiger partial charge on any atom is -0.488 e. The van der Waals surface area contributed by atoms with Gasteiger partial charge in [-0.25, -0.2) is 4.79 Å². The molecule has 27 heavy (non-hydrogen) atoms. The number of hydrogen-bond acceptors (Lipinski definition) is 4. The zero-order chi connectivity index (χ0) is 18.7. The van der Waals surface area contributed by atoms with Crippen molar-refractivity contribution in [3.8, 4) is 5.75 Å². The summed E-state index contributed by atoms with van der Waals surface area (Å²) in [5, 5.41) is 19.1. The first-order valence-electron chi connectivity index (χ1n) is 8.58. The van der Waals surface area contributed by atoms with Crippen LogP contribution in [0.2, 0.25) is 0 Å². The van der Waals surface area contributed by atoms with E-state index in [0.717, 1.165) is 35.2 Å². The van der Waals surface area contributed by atoms with Crippen LogP contribution in [-0.4, -0.2) is 41.7 Å². The Morgan fingerprint density at radius 2 is 1.96 bits per heavy atom. The molecule has 5 nitrogen and oxygen atoms in total. The van der Waals surface area contributed by atoms with Crippen LogP contribution in [0.3, 0.4) is 0 Å². The van der Waals surface area contributed by atoms with E-state index in [-0.39, 0.29) is 12.4 Å². The second-order valence-electron chi connectivity index (χ2n) is 6.65. The molecule has 0 bridgehead atoms. The summed E-state index contributed by atoms with van der Waals surface area (Å²) >= 11 is 0. The van der Waals surface area contributed by atoms with Crippen LogP contribution in [0, 0.1) is 0 Å². The van der Waals surface area contributed by atoms with E-state index >= 15 is 0 Å². The van der Waals surface area contributed by atoms with E-state index < -0.39 is 12.1 Å². The van der Waals surface area contributed by atoms with Gasteiger partial charge in [-0.15, -0.1) is 12.4 Å². The fraction of sp³-hybridized carbons (Fsp3) is 0.286. The Labute approximate surface area is 165 Å². The molecule has 1 unspecified atom stereocenters. The third-order valence-electron chi connectivity index (χ3n) is 4.46. The molecule has 1 heterocycles. The van der Waals surface area contributed by atoms with E-state index in [4.69, 9.17) is 9.84 Å². The van der Waals surface area contributed by atoms with Crippen molar-refractivity contribution in [3.63, 3.8) is 0 Å². The first kappa shape index (κ1) is 21.0. The first-order valence-corrected chi connectivity index (χ1v) is 8.58. The van der Waals surface area contributed by atoms with Gasteiger partial charge in [-0.2, -0.15) is 0 Å². The molecule has 1 aliphatic heterocycles. The van der Waals surface area contributed by atoms with Crippen LogP contribution in [-0.2, 0) is 11.4 Å². The minimum absolute atomic E-state index is 0. The summed E-state index contributed by atoms with van der Waals surface area (Å²) in [6.45, 7) is 1.36. The molecule has 144 valence electrons. The van der Waals surface area contributed by atoms with Crippen molar-refractivity contribution < 1.29 is 19.7 Å². The van der Waals surface area contributed by atoms with Crippen molar-refractivity contribution >= 4 is 23.9 Å². The molecule has 0 fully saturated rings. The van der Waals surface area contributed by atoms with Gasteiger partial charge in [-0.3, -0.25) is 0 Å². The van der Waals surface area contributed by atoms with Crippen molar-refractivity contribution in [2.24, 2.45) is 0 Å². The molecule has 2 N–H and O–H groups in total. The number of aliphatic hydroxyl groups excluding tert-OH is 1. The number of aliphatic hydroxyl groups is 1. The Hall–Kier alpha value is -2.34. The molecule has 2 aromatic rings. The van der Waals surface area contributed by atoms with Crippen molar-refractivity contribution in [2.45, 2.75) is 19.1 Å². The maximum Gasteiger partial charge on any atom is 0.337 e. The summed E-state index contributed by atoms with van der Waals surface area (Å²) in [5.41, 5.74) is 4.32. The largest absolute Gasteiger partial charge is 0.488 e. The van der Waals surface area contributed by atoms with Crippen LogP contribution in [0.1, 0.15) is 34.8 Å². The third-order valence-corrected chi connectivity index (χ3v) is 4.46. The van der Waals surface area contributed by atoms with Crippen molar-refractivity contribution in [2.75, 3.05) is 20.6 Å². The lowest BCUT2D eigenvalue weighted by atomic mass is 9.92. The maximum atomic E-state index is 11.2. The fourth-order valence-electron chi connectivity index (χ4n) is 3.09. The SMILES string of the molecule is CN(C)CC/C=C1\c2ccccc2COc2ccc(C(O)C(=O)O)cc21.Cl. The highest BCUT2D eigenvalue weighted by atomic mass is 35.5. The quantitative estimate of drug-likeness (QED) is 0.819. The average Bonchev–Trinajstić information content (AvgIpc) is 2.78. The third kappa shape index (κ3) is 4.69. The highest BCUT2D eigenvalue weighted by Crippen LogP contribution is 2.38. The number of nitrogens with zero attached hydrogens (tertiary/aromatic N) is 1. The molecule has 0 spiro atoms. The summed E-state index contributed by atoms with van der Waals surface area (Å²) < 4.78 is 5.95. The highest BCUT2D eigenvalue weighted by molar-refractivity contribution is 5.86. The van der Waals surface area contributed by atoms with Gasteiger partial charge in [-0.05, 0) is 54.9 Å². The van der Waals surface area contributed by atoms with Crippen LogP contribution in [0.25, 0.3) is 5.57 Å². The fourth-order valence-corrected chi connectivity index (χ4v) is 3.09. The van der Waals surface area contributed by atoms with Crippen molar-refractivity contribution in [1.82, 2.24) is 4.90 Å². The van der Waals surface area contributed by atoms with E-state index in [2.05, 4.69) is 17.0 Å². The van der Waals surface area contributed by atoms with Gasteiger partial charge in [0, 0.05) is 12.1 Å². The van der Waals surface area contributed by atoms with Gasteiger partial charge in [0.05, 0.1) is 0 Å². The van der Waals surface area contributed by atoms with E-state index in [0.29, 0.717) is 17.9 Å². The molecule has 0 aliphatic carbocycles. The lowest BCUT2D eigenvalue weighted by molar-refractivity contribution is -0.146. The highest BCUT2D eigenvalue weighted by Gasteiger charge is 2.22.